The maximum absolute atomic E-state index is 11.2. The highest BCUT2D eigenvalue weighted by Crippen LogP contribution is 2.23. The second kappa shape index (κ2) is 7.41. The first-order valence-corrected chi connectivity index (χ1v) is 8.83. The molecular weight excluding hydrogens is 340 g/mol. The number of carbonyl (C=O) groups is 1. The number of hydrogen-bond donors (Lipinski definition) is 2. The van der Waals surface area contributed by atoms with Crippen molar-refractivity contribution < 1.29 is 4.79 Å². The van der Waals surface area contributed by atoms with Crippen LogP contribution < -0.4 is 15.5 Å². The van der Waals surface area contributed by atoms with Crippen molar-refractivity contribution in [3.05, 3.63) is 65.9 Å². The molecule has 1 aliphatic heterocycles. The second-order valence-electron chi connectivity index (χ2n) is 6.47. The molecule has 4 rings (SSSR count). The molecule has 27 heavy (non-hydrogen) atoms. The van der Waals surface area contributed by atoms with Crippen molar-refractivity contribution >= 4 is 29.0 Å². The molecule has 136 valence electrons. The highest BCUT2D eigenvalue weighted by Gasteiger charge is 2.18. The highest BCUT2D eigenvalue weighted by atomic mass is 16.1. The Balaban J connectivity index is 1.51. The topological polar surface area (TPSA) is 83.0 Å². The molecule has 0 atom stereocenters. The third-order valence-corrected chi connectivity index (χ3v) is 4.42. The number of benzene rings is 2. The van der Waals surface area contributed by atoms with Crippen LogP contribution in [0.4, 0.5) is 23.1 Å². The number of aromatic nitrogens is 3. The molecule has 0 bridgehead atoms. The number of hydrogen-bond acceptors (Lipinski definition) is 6. The molecule has 0 fully saturated rings. The van der Waals surface area contributed by atoms with Crippen molar-refractivity contribution in [1.29, 1.82) is 0 Å². The number of nitrogens with zero attached hydrogens (tertiary/aromatic N) is 4. The lowest BCUT2D eigenvalue weighted by molar-refractivity contribution is -0.114. The van der Waals surface area contributed by atoms with Crippen molar-refractivity contribution in [1.82, 2.24) is 15.2 Å². The highest BCUT2D eigenvalue weighted by molar-refractivity contribution is 5.89. The monoisotopic (exact) mass is 360 g/mol. The first-order chi connectivity index (χ1) is 13.2. The zero-order valence-electron chi connectivity index (χ0n) is 15.0. The molecular formula is C20H20N6O. The Hall–Kier alpha value is -3.48. The van der Waals surface area contributed by atoms with Gasteiger partial charge in [0, 0.05) is 31.4 Å². The summed E-state index contributed by atoms with van der Waals surface area (Å²) >= 11 is 0. The summed E-state index contributed by atoms with van der Waals surface area (Å²) in [6.07, 6.45) is 2.56. The number of anilines is 4. The first-order valence-electron chi connectivity index (χ1n) is 8.83. The van der Waals surface area contributed by atoms with Gasteiger partial charge in [0.25, 0.3) is 0 Å². The second-order valence-corrected chi connectivity index (χ2v) is 6.47. The summed E-state index contributed by atoms with van der Waals surface area (Å²) in [6, 6.07) is 15.9. The molecule has 0 saturated heterocycles. The van der Waals surface area contributed by atoms with Crippen molar-refractivity contribution in [2.45, 2.75) is 19.9 Å². The zero-order valence-corrected chi connectivity index (χ0v) is 15.0. The Kier molecular flexibility index (Phi) is 4.65. The molecule has 2 N–H and O–H groups in total. The van der Waals surface area contributed by atoms with E-state index in [2.05, 4.69) is 55.0 Å². The molecule has 2 aromatic carbocycles. The van der Waals surface area contributed by atoms with Gasteiger partial charge in [-0.15, -0.1) is 5.10 Å². The summed E-state index contributed by atoms with van der Waals surface area (Å²) in [5.41, 5.74) is 4.22. The summed E-state index contributed by atoms with van der Waals surface area (Å²) in [6.45, 7) is 3.12. The van der Waals surface area contributed by atoms with Gasteiger partial charge in [-0.25, -0.2) is 0 Å². The minimum Gasteiger partial charge on any atom is -0.339 e. The standard InChI is InChI=1S/C20H20N6O/c1-14(27)22-17-7-4-8-18(11-17)23-19-12-21-25-20(24-19)26-10-9-15-5-2-3-6-16(15)13-26/h2-8,11-12H,9-10,13H2,1H3,(H,22,27)(H,23,24,25). The van der Waals surface area contributed by atoms with Crippen LogP contribution in [0.2, 0.25) is 0 Å². The van der Waals surface area contributed by atoms with E-state index in [0.717, 1.165) is 30.9 Å². The predicted octanol–water partition coefficient (Wildman–Crippen LogP) is 3.14. The largest absolute Gasteiger partial charge is 0.339 e. The number of amides is 1. The van der Waals surface area contributed by atoms with Gasteiger partial charge in [0.05, 0.1) is 6.20 Å². The fourth-order valence-corrected chi connectivity index (χ4v) is 3.18. The van der Waals surface area contributed by atoms with Crippen LogP contribution in [-0.2, 0) is 17.8 Å². The van der Waals surface area contributed by atoms with Crippen molar-refractivity contribution in [2.75, 3.05) is 22.1 Å². The lowest BCUT2D eigenvalue weighted by atomic mass is 10.0. The van der Waals surface area contributed by atoms with Gasteiger partial charge in [-0.1, -0.05) is 30.3 Å². The van der Waals surface area contributed by atoms with Gasteiger partial charge in [0.15, 0.2) is 5.82 Å². The van der Waals surface area contributed by atoms with Crippen LogP contribution in [-0.4, -0.2) is 27.6 Å². The Morgan fingerprint density at radius 2 is 1.89 bits per heavy atom. The predicted molar refractivity (Wildman–Crippen MR) is 105 cm³/mol. The van der Waals surface area contributed by atoms with Gasteiger partial charge in [-0.3, -0.25) is 4.79 Å². The van der Waals surface area contributed by atoms with Gasteiger partial charge in [-0.2, -0.15) is 10.1 Å². The van der Waals surface area contributed by atoms with Gasteiger partial charge >= 0.3 is 0 Å². The summed E-state index contributed by atoms with van der Waals surface area (Å²) in [5, 5.41) is 14.3. The number of fused-ring (bicyclic) bond motifs is 1. The summed E-state index contributed by atoms with van der Waals surface area (Å²) in [4.78, 5) is 18.0. The SMILES string of the molecule is CC(=O)Nc1cccc(Nc2cnnc(N3CCc4ccccc4C3)n2)c1. The average Bonchev–Trinajstić information content (AvgIpc) is 2.67. The van der Waals surface area contributed by atoms with E-state index in [1.807, 2.05) is 24.3 Å². The molecule has 7 nitrogen and oxygen atoms in total. The Morgan fingerprint density at radius 3 is 2.74 bits per heavy atom. The van der Waals surface area contributed by atoms with Gasteiger partial charge < -0.3 is 15.5 Å². The van der Waals surface area contributed by atoms with E-state index in [-0.39, 0.29) is 5.91 Å². The first kappa shape index (κ1) is 17.0. The van der Waals surface area contributed by atoms with Crippen molar-refractivity contribution in [3.8, 4) is 0 Å². The third-order valence-electron chi connectivity index (χ3n) is 4.42. The summed E-state index contributed by atoms with van der Waals surface area (Å²) in [5.74, 6) is 1.11. The maximum Gasteiger partial charge on any atom is 0.247 e. The number of rotatable bonds is 4. The van der Waals surface area contributed by atoms with Crippen LogP contribution in [0.1, 0.15) is 18.1 Å². The molecule has 0 unspecified atom stereocenters. The molecule has 0 radical (unpaired) electrons. The fraction of sp³-hybridized carbons (Fsp3) is 0.200. The fourth-order valence-electron chi connectivity index (χ4n) is 3.18. The normalized spacial score (nSPS) is 13.0. The maximum atomic E-state index is 11.2. The third kappa shape index (κ3) is 4.03. The van der Waals surface area contributed by atoms with Crippen LogP contribution in [0.5, 0.6) is 0 Å². The Labute approximate surface area is 157 Å². The van der Waals surface area contributed by atoms with E-state index in [1.54, 1.807) is 6.20 Å². The van der Waals surface area contributed by atoms with Crippen LogP contribution in [0.25, 0.3) is 0 Å². The molecule has 2 heterocycles. The minimum absolute atomic E-state index is 0.108. The summed E-state index contributed by atoms with van der Waals surface area (Å²) < 4.78 is 0. The lowest BCUT2D eigenvalue weighted by Crippen LogP contribution is -2.32. The Bertz CT molecular complexity index is 974. The molecule has 0 aliphatic carbocycles. The van der Waals surface area contributed by atoms with E-state index in [0.29, 0.717) is 11.8 Å². The average molecular weight is 360 g/mol. The van der Waals surface area contributed by atoms with E-state index >= 15 is 0 Å². The molecule has 1 aromatic heterocycles. The van der Waals surface area contributed by atoms with Gasteiger partial charge in [0.2, 0.25) is 11.9 Å². The molecule has 0 saturated carbocycles. The van der Waals surface area contributed by atoms with E-state index in [9.17, 15) is 4.79 Å². The molecule has 1 aliphatic rings. The minimum atomic E-state index is -0.108. The number of nitrogens with one attached hydrogen (secondary N) is 2. The van der Waals surface area contributed by atoms with Crippen molar-refractivity contribution in [2.24, 2.45) is 0 Å². The quantitative estimate of drug-likeness (QED) is 0.744. The van der Waals surface area contributed by atoms with E-state index < -0.39 is 0 Å². The lowest BCUT2D eigenvalue weighted by Gasteiger charge is -2.28. The summed E-state index contributed by atoms with van der Waals surface area (Å²) in [7, 11) is 0. The van der Waals surface area contributed by atoms with Gasteiger partial charge in [-0.05, 0) is 35.7 Å². The molecule has 0 spiro atoms. The number of carbonyl (C=O) groups excluding carboxylic acids is 1. The van der Waals surface area contributed by atoms with Crippen LogP contribution >= 0.6 is 0 Å². The van der Waals surface area contributed by atoms with Gasteiger partial charge in [0.1, 0.15) is 0 Å². The van der Waals surface area contributed by atoms with E-state index in [4.69, 9.17) is 0 Å². The molecule has 1 amide bonds. The van der Waals surface area contributed by atoms with Crippen molar-refractivity contribution in [3.63, 3.8) is 0 Å². The van der Waals surface area contributed by atoms with E-state index in [1.165, 1.54) is 18.1 Å². The van der Waals surface area contributed by atoms with Crippen LogP contribution in [0.15, 0.2) is 54.7 Å². The van der Waals surface area contributed by atoms with Crippen LogP contribution in [0.3, 0.4) is 0 Å². The molecule has 3 aromatic rings. The zero-order chi connectivity index (χ0) is 18.6. The smallest absolute Gasteiger partial charge is 0.247 e. The Morgan fingerprint density at radius 1 is 1.07 bits per heavy atom. The van der Waals surface area contributed by atoms with Crippen LogP contribution in [0, 0.1) is 0 Å². The molecule has 7 heteroatoms.